The number of benzene rings is 2. The molecule has 3 amide bonds. The fourth-order valence-electron chi connectivity index (χ4n) is 4.25. The predicted octanol–water partition coefficient (Wildman–Crippen LogP) is 4.69. The van der Waals surface area contributed by atoms with Crippen LogP contribution in [0.25, 0.3) is 23.1 Å². The number of carbonyl (C=O) groups excluding carboxylic acids is 3. The van der Waals surface area contributed by atoms with Gasteiger partial charge in [-0.25, -0.2) is 0 Å². The van der Waals surface area contributed by atoms with Crippen LogP contribution in [-0.2, 0) is 14.1 Å². The molecule has 0 bridgehead atoms. The lowest BCUT2D eigenvalue weighted by molar-refractivity contribution is 0.0988. The SMILES string of the molecule is Cn1cc(NC(=O)c2cc(NC(=O)c3ccc(/C=C/c4cnc5ccccc5c4)cc3)cn2C)cc1C(N)=O. The molecule has 2 aromatic carbocycles. The van der Waals surface area contributed by atoms with Gasteiger partial charge in [0.2, 0.25) is 0 Å². The molecule has 5 rings (SSSR count). The second kappa shape index (κ2) is 10.5. The Morgan fingerprint density at radius 3 is 2.08 bits per heavy atom. The number of hydrogen-bond acceptors (Lipinski definition) is 4. The highest BCUT2D eigenvalue weighted by Gasteiger charge is 2.16. The zero-order valence-corrected chi connectivity index (χ0v) is 21.4. The molecule has 39 heavy (non-hydrogen) atoms. The number of nitrogens with zero attached hydrogens (tertiary/aromatic N) is 3. The molecular weight excluding hydrogens is 492 g/mol. The number of nitrogens with two attached hydrogens (primary N) is 1. The summed E-state index contributed by atoms with van der Waals surface area (Å²) in [6.07, 6.45) is 9.03. The Bertz CT molecular complexity index is 1740. The molecule has 5 aromatic rings. The van der Waals surface area contributed by atoms with Gasteiger partial charge in [-0.05, 0) is 47.5 Å². The third-order valence-electron chi connectivity index (χ3n) is 6.26. The third-order valence-corrected chi connectivity index (χ3v) is 6.26. The van der Waals surface area contributed by atoms with Crippen molar-refractivity contribution in [1.82, 2.24) is 14.1 Å². The lowest BCUT2D eigenvalue weighted by Gasteiger charge is -2.03. The molecule has 3 aromatic heterocycles. The number of nitrogens with one attached hydrogen (secondary N) is 2. The Morgan fingerprint density at radius 2 is 1.38 bits per heavy atom. The molecule has 0 atom stereocenters. The highest BCUT2D eigenvalue weighted by atomic mass is 16.2. The first-order chi connectivity index (χ1) is 18.8. The van der Waals surface area contributed by atoms with E-state index < -0.39 is 11.8 Å². The van der Waals surface area contributed by atoms with Crippen LogP contribution in [0.3, 0.4) is 0 Å². The maximum absolute atomic E-state index is 12.8. The summed E-state index contributed by atoms with van der Waals surface area (Å²) in [4.78, 5) is 41.5. The van der Waals surface area contributed by atoms with Gasteiger partial charge in [0.25, 0.3) is 17.7 Å². The number of para-hydroxylation sites is 1. The molecule has 0 aliphatic carbocycles. The molecule has 0 aliphatic rings. The average Bonchev–Trinajstić information content (AvgIpc) is 3.48. The van der Waals surface area contributed by atoms with E-state index in [1.54, 1.807) is 49.3 Å². The number of anilines is 2. The van der Waals surface area contributed by atoms with Crippen LogP contribution < -0.4 is 16.4 Å². The van der Waals surface area contributed by atoms with Crippen LogP contribution in [0.5, 0.6) is 0 Å². The molecule has 0 saturated carbocycles. The highest BCUT2D eigenvalue weighted by molar-refractivity contribution is 6.07. The quantitative estimate of drug-likeness (QED) is 0.289. The maximum atomic E-state index is 12.8. The number of hydrogen-bond donors (Lipinski definition) is 3. The second-order valence-electron chi connectivity index (χ2n) is 9.14. The fraction of sp³-hybridized carbons (Fsp3) is 0.0667. The zero-order chi connectivity index (χ0) is 27.5. The minimum absolute atomic E-state index is 0.275. The van der Waals surface area contributed by atoms with Crippen LogP contribution in [0.4, 0.5) is 11.4 Å². The molecule has 0 fully saturated rings. The second-order valence-corrected chi connectivity index (χ2v) is 9.14. The number of aromatic nitrogens is 3. The highest BCUT2D eigenvalue weighted by Crippen LogP contribution is 2.19. The monoisotopic (exact) mass is 518 g/mol. The van der Waals surface area contributed by atoms with E-state index in [2.05, 4.69) is 21.7 Å². The van der Waals surface area contributed by atoms with Gasteiger partial charge in [0.1, 0.15) is 11.4 Å². The van der Waals surface area contributed by atoms with Gasteiger partial charge >= 0.3 is 0 Å². The first-order valence-electron chi connectivity index (χ1n) is 12.1. The molecule has 0 saturated heterocycles. The van der Waals surface area contributed by atoms with E-state index >= 15 is 0 Å². The zero-order valence-electron chi connectivity index (χ0n) is 21.4. The first kappa shape index (κ1) is 25.2. The number of aryl methyl sites for hydroxylation is 2. The molecule has 9 heteroatoms. The molecule has 194 valence electrons. The number of fused-ring (bicyclic) bond motifs is 1. The summed E-state index contributed by atoms with van der Waals surface area (Å²) in [5.41, 5.74) is 10.2. The van der Waals surface area contributed by atoms with Crippen LogP contribution in [-0.4, -0.2) is 31.8 Å². The van der Waals surface area contributed by atoms with Gasteiger partial charge < -0.3 is 25.5 Å². The van der Waals surface area contributed by atoms with Crippen molar-refractivity contribution in [2.24, 2.45) is 19.8 Å². The van der Waals surface area contributed by atoms with Crippen molar-refractivity contribution >= 4 is 52.2 Å². The predicted molar refractivity (Wildman–Crippen MR) is 152 cm³/mol. The van der Waals surface area contributed by atoms with Crippen molar-refractivity contribution < 1.29 is 14.4 Å². The summed E-state index contributed by atoms with van der Waals surface area (Å²) < 4.78 is 3.15. The van der Waals surface area contributed by atoms with Crippen LogP contribution in [0.15, 0.2) is 85.3 Å². The molecule has 9 nitrogen and oxygen atoms in total. The van der Waals surface area contributed by atoms with Gasteiger partial charge in [0, 0.05) is 43.6 Å². The van der Waals surface area contributed by atoms with Gasteiger partial charge in [0.15, 0.2) is 0 Å². The number of carbonyl (C=O) groups is 3. The lowest BCUT2D eigenvalue weighted by Crippen LogP contribution is -2.15. The molecule has 3 heterocycles. The number of amides is 3. The van der Waals surface area contributed by atoms with Crippen molar-refractivity contribution in [1.29, 1.82) is 0 Å². The van der Waals surface area contributed by atoms with E-state index in [-0.39, 0.29) is 11.6 Å². The number of pyridine rings is 1. The topological polar surface area (TPSA) is 124 Å². The van der Waals surface area contributed by atoms with Crippen LogP contribution >= 0.6 is 0 Å². The van der Waals surface area contributed by atoms with Gasteiger partial charge in [-0.2, -0.15) is 0 Å². The van der Waals surface area contributed by atoms with Crippen LogP contribution in [0, 0.1) is 0 Å². The third kappa shape index (κ3) is 5.62. The van der Waals surface area contributed by atoms with Gasteiger partial charge in [-0.15, -0.1) is 0 Å². The maximum Gasteiger partial charge on any atom is 0.272 e. The van der Waals surface area contributed by atoms with Crippen LogP contribution in [0.2, 0.25) is 0 Å². The Morgan fingerprint density at radius 1 is 0.769 bits per heavy atom. The van der Waals surface area contributed by atoms with Crippen molar-refractivity contribution in [2.45, 2.75) is 0 Å². The van der Waals surface area contributed by atoms with Gasteiger partial charge in [-0.1, -0.05) is 42.5 Å². The average molecular weight is 519 g/mol. The lowest BCUT2D eigenvalue weighted by atomic mass is 10.1. The van der Waals surface area contributed by atoms with E-state index in [1.165, 1.54) is 10.6 Å². The smallest absolute Gasteiger partial charge is 0.272 e. The van der Waals surface area contributed by atoms with Crippen molar-refractivity contribution in [3.63, 3.8) is 0 Å². The Kier molecular flexibility index (Phi) is 6.79. The van der Waals surface area contributed by atoms with Crippen molar-refractivity contribution in [3.8, 4) is 0 Å². The van der Waals surface area contributed by atoms with E-state index in [9.17, 15) is 14.4 Å². The summed E-state index contributed by atoms with van der Waals surface area (Å²) in [5, 5.41) is 6.64. The minimum Gasteiger partial charge on any atom is -0.364 e. The number of rotatable bonds is 7. The summed E-state index contributed by atoms with van der Waals surface area (Å²) in [5.74, 6) is -1.28. The fourth-order valence-corrected chi connectivity index (χ4v) is 4.25. The summed E-state index contributed by atoms with van der Waals surface area (Å²) in [6, 6.07) is 20.3. The first-order valence-corrected chi connectivity index (χ1v) is 12.1. The van der Waals surface area contributed by atoms with E-state index in [4.69, 9.17) is 5.73 Å². The largest absolute Gasteiger partial charge is 0.364 e. The van der Waals surface area contributed by atoms with E-state index in [1.807, 2.05) is 54.7 Å². The molecule has 0 spiro atoms. The number of primary amides is 1. The van der Waals surface area contributed by atoms with Gasteiger partial charge in [-0.3, -0.25) is 19.4 Å². The minimum atomic E-state index is -0.590. The summed E-state index contributed by atoms with van der Waals surface area (Å²) >= 11 is 0. The molecule has 0 unspecified atom stereocenters. The van der Waals surface area contributed by atoms with Crippen molar-refractivity contribution in [2.75, 3.05) is 10.6 Å². The molecule has 0 aliphatic heterocycles. The normalized spacial score (nSPS) is 11.1. The van der Waals surface area contributed by atoms with E-state index in [0.717, 1.165) is 22.0 Å². The summed E-state index contributed by atoms with van der Waals surface area (Å²) in [6.45, 7) is 0. The van der Waals surface area contributed by atoms with Crippen LogP contribution in [0.1, 0.15) is 42.5 Å². The van der Waals surface area contributed by atoms with E-state index in [0.29, 0.717) is 22.6 Å². The molecule has 0 radical (unpaired) electrons. The Hall–Kier alpha value is -5.44. The standard InChI is InChI=1S/C30H26N6O3/c1-35-17-23(14-26(35)28(31)37)34-30(39)27-15-24(18-36(27)2)33-29(38)21-11-9-19(10-12-21)7-8-20-13-22-5-3-4-6-25(22)32-16-20/h3-18H,1-2H3,(H2,31,37)(H,33,38)(H,34,39)/b8-7+. The van der Waals surface area contributed by atoms with Gasteiger partial charge in [0.05, 0.1) is 16.9 Å². The molecular formula is C30H26N6O3. The Balaban J connectivity index is 1.22. The van der Waals surface area contributed by atoms with Crippen molar-refractivity contribution in [3.05, 3.63) is 113 Å². The summed E-state index contributed by atoms with van der Waals surface area (Å²) in [7, 11) is 3.37. The molecule has 4 N–H and O–H groups in total. The Labute approximate surface area is 224 Å².